The van der Waals surface area contributed by atoms with E-state index in [1.807, 2.05) is 43.1 Å². The molecule has 2 heterocycles. The summed E-state index contributed by atoms with van der Waals surface area (Å²) in [6.07, 6.45) is 1.28. The van der Waals surface area contributed by atoms with Crippen LogP contribution in [-0.4, -0.2) is 61.9 Å². The lowest BCUT2D eigenvalue weighted by atomic mass is 10.2. The van der Waals surface area contributed by atoms with Crippen LogP contribution >= 0.6 is 0 Å². The highest BCUT2D eigenvalue weighted by Gasteiger charge is 2.28. The molecule has 10 nitrogen and oxygen atoms in total. The van der Waals surface area contributed by atoms with Crippen LogP contribution in [0.15, 0.2) is 30.5 Å². The van der Waals surface area contributed by atoms with E-state index in [9.17, 15) is 9.59 Å². The van der Waals surface area contributed by atoms with Crippen LogP contribution < -0.4 is 25.6 Å². The molecule has 3 N–H and O–H groups in total. The van der Waals surface area contributed by atoms with Crippen molar-refractivity contribution in [2.75, 3.05) is 55.0 Å². The highest BCUT2D eigenvalue weighted by Crippen LogP contribution is 2.28. The summed E-state index contributed by atoms with van der Waals surface area (Å²) >= 11 is 0. The molecule has 1 aliphatic heterocycles. The zero-order chi connectivity index (χ0) is 21.5. The molecule has 2 aromatic rings. The Morgan fingerprint density at radius 2 is 2.13 bits per heavy atom. The maximum absolute atomic E-state index is 13.2. The molecule has 0 radical (unpaired) electrons. The summed E-state index contributed by atoms with van der Waals surface area (Å²) in [5, 5.41) is 3.07. The first-order valence-electron chi connectivity index (χ1n) is 9.78. The number of likely N-dealkylation sites (N-methyl/N-ethyl adjacent to an activating group) is 1. The van der Waals surface area contributed by atoms with Crippen LogP contribution in [-0.2, 0) is 4.74 Å². The fourth-order valence-corrected chi connectivity index (χ4v) is 3.07. The van der Waals surface area contributed by atoms with E-state index < -0.39 is 6.09 Å². The van der Waals surface area contributed by atoms with Crippen LogP contribution in [0.2, 0.25) is 0 Å². The van der Waals surface area contributed by atoms with E-state index in [2.05, 4.69) is 20.0 Å². The molecular weight excluding hydrogens is 388 g/mol. The smallest absolute Gasteiger partial charge is 0.404 e. The maximum atomic E-state index is 13.2. The van der Waals surface area contributed by atoms with E-state index in [0.717, 1.165) is 5.69 Å². The Kier molecular flexibility index (Phi) is 6.89. The van der Waals surface area contributed by atoms with E-state index >= 15 is 0 Å². The number of aromatic nitrogens is 2. The number of fused-ring (bicyclic) bond motifs is 1. The molecule has 160 valence electrons. The fraction of sp³-hybridized carbons (Fsp3) is 0.400. The number of ether oxygens (including phenoxy) is 2. The summed E-state index contributed by atoms with van der Waals surface area (Å²) in [4.78, 5) is 36.2. The van der Waals surface area contributed by atoms with Gasteiger partial charge in [0.15, 0.2) is 0 Å². The first-order chi connectivity index (χ1) is 14.5. The van der Waals surface area contributed by atoms with Crippen molar-refractivity contribution >= 4 is 29.5 Å². The van der Waals surface area contributed by atoms with Crippen molar-refractivity contribution in [1.29, 1.82) is 0 Å². The second-order valence-electron chi connectivity index (χ2n) is 6.71. The average Bonchev–Trinajstić information content (AvgIpc) is 2.85. The molecule has 0 atom stereocenters. The molecule has 0 saturated heterocycles. The Morgan fingerprint density at radius 3 is 2.90 bits per heavy atom. The summed E-state index contributed by atoms with van der Waals surface area (Å²) in [5.41, 5.74) is 6.10. The molecular formula is C20H26N6O4. The molecule has 30 heavy (non-hydrogen) atoms. The van der Waals surface area contributed by atoms with Gasteiger partial charge < -0.3 is 30.3 Å². The minimum absolute atomic E-state index is 0.163. The van der Waals surface area contributed by atoms with Gasteiger partial charge in [-0.1, -0.05) is 6.07 Å². The van der Waals surface area contributed by atoms with Crippen LogP contribution in [0.4, 0.5) is 22.2 Å². The second-order valence-corrected chi connectivity index (χ2v) is 6.71. The van der Waals surface area contributed by atoms with Gasteiger partial charge in [0.25, 0.3) is 5.91 Å². The SMILES string of the molecule is CCNc1ncc2c(n1)N(C)CCN(c1cccc(OCCCOC(N)=O)c1)C2=O. The van der Waals surface area contributed by atoms with Crippen molar-refractivity contribution in [2.45, 2.75) is 13.3 Å². The number of carbonyl (C=O) groups is 2. The number of anilines is 3. The van der Waals surface area contributed by atoms with Gasteiger partial charge in [-0.05, 0) is 19.1 Å². The number of primary amides is 1. The lowest BCUT2D eigenvalue weighted by Gasteiger charge is -2.21. The van der Waals surface area contributed by atoms with Crippen LogP contribution in [0.1, 0.15) is 23.7 Å². The number of nitrogens with two attached hydrogens (primary N) is 1. The van der Waals surface area contributed by atoms with Crippen molar-refractivity contribution in [3.05, 3.63) is 36.0 Å². The fourth-order valence-electron chi connectivity index (χ4n) is 3.07. The van der Waals surface area contributed by atoms with E-state index in [4.69, 9.17) is 10.5 Å². The van der Waals surface area contributed by atoms with Crippen LogP contribution in [0.25, 0.3) is 0 Å². The Morgan fingerprint density at radius 1 is 1.30 bits per heavy atom. The minimum Gasteiger partial charge on any atom is -0.493 e. The van der Waals surface area contributed by atoms with Gasteiger partial charge >= 0.3 is 6.09 Å². The summed E-state index contributed by atoms with van der Waals surface area (Å²) in [6.45, 7) is 4.33. The largest absolute Gasteiger partial charge is 0.493 e. The molecule has 0 unspecified atom stereocenters. The van der Waals surface area contributed by atoms with Gasteiger partial charge in [0.2, 0.25) is 5.95 Å². The molecule has 2 amide bonds. The van der Waals surface area contributed by atoms with Crippen molar-refractivity contribution in [1.82, 2.24) is 9.97 Å². The molecule has 10 heteroatoms. The van der Waals surface area contributed by atoms with E-state index in [0.29, 0.717) is 55.7 Å². The first-order valence-corrected chi connectivity index (χ1v) is 9.78. The first kappa shape index (κ1) is 21.2. The number of amides is 2. The third-order valence-electron chi connectivity index (χ3n) is 4.53. The van der Waals surface area contributed by atoms with Gasteiger partial charge in [-0.2, -0.15) is 4.98 Å². The normalized spacial score (nSPS) is 13.5. The van der Waals surface area contributed by atoms with Crippen LogP contribution in [0.5, 0.6) is 5.75 Å². The Labute approximate surface area is 175 Å². The lowest BCUT2D eigenvalue weighted by Crippen LogP contribution is -2.33. The zero-order valence-electron chi connectivity index (χ0n) is 17.1. The van der Waals surface area contributed by atoms with Gasteiger partial charge in [0.05, 0.1) is 13.2 Å². The molecule has 1 aliphatic rings. The lowest BCUT2D eigenvalue weighted by molar-refractivity contribution is 0.0989. The average molecular weight is 414 g/mol. The molecule has 0 aliphatic carbocycles. The maximum Gasteiger partial charge on any atom is 0.404 e. The molecule has 0 spiro atoms. The zero-order valence-corrected chi connectivity index (χ0v) is 17.1. The van der Waals surface area contributed by atoms with Crippen molar-refractivity contribution in [2.24, 2.45) is 5.73 Å². The van der Waals surface area contributed by atoms with Crippen LogP contribution in [0.3, 0.4) is 0 Å². The number of nitrogens with zero attached hydrogens (tertiary/aromatic N) is 4. The molecule has 0 saturated carbocycles. The Hall–Kier alpha value is -3.56. The second kappa shape index (κ2) is 9.77. The van der Waals surface area contributed by atoms with Crippen LogP contribution in [0, 0.1) is 0 Å². The van der Waals surface area contributed by atoms with Crippen molar-refractivity contribution < 1.29 is 19.1 Å². The Bertz CT molecular complexity index is 907. The number of hydrogen-bond acceptors (Lipinski definition) is 8. The standard InChI is InChI=1S/C20H26N6O4/c1-3-22-20-23-13-16-17(24-20)25(2)8-9-26(18(16)27)14-6-4-7-15(12-14)29-10-5-11-30-19(21)28/h4,6-7,12-13H,3,5,8-11H2,1-2H3,(H2,21,28)(H,22,23,24). The predicted molar refractivity (Wildman–Crippen MR) is 113 cm³/mol. The minimum atomic E-state index is -0.802. The van der Waals surface area contributed by atoms with Gasteiger partial charge in [0.1, 0.15) is 17.1 Å². The van der Waals surface area contributed by atoms with E-state index in [1.165, 1.54) is 0 Å². The van der Waals surface area contributed by atoms with E-state index in [-0.39, 0.29) is 12.5 Å². The number of nitrogens with one attached hydrogen (secondary N) is 1. The quantitative estimate of drug-likeness (QED) is 0.628. The molecule has 0 fully saturated rings. The highest BCUT2D eigenvalue weighted by atomic mass is 16.5. The van der Waals surface area contributed by atoms with Crippen molar-refractivity contribution in [3.63, 3.8) is 0 Å². The summed E-state index contributed by atoms with van der Waals surface area (Å²) < 4.78 is 10.4. The summed E-state index contributed by atoms with van der Waals surface area (Å²) in [7, 11) is 1.91. The molecule has 1 aromatic heterocycles. The van der Waals surface area contributed by atoms with Gasteiger partial charge in [0, 0.05) is 51.1 Å². The van der Waals surface area contributed by atoms with Gasteiger partial charge in [-0.25, -0.2) is 9.78 Å². The molecule has 0 bridgehead atoms. The Balaban J connectivity index is 1.74. The molecule has 1 aromatic carbocycles. The number of carbonyl (C=O) groups excluding carboxylic acids is 2. The third kappa shape index (κ3) is 5.07. The third-order valence-corrected chi connectivity index (χ3v) is 4.53. The van der Waals surface area contributed by atoms with Gasteiger partial charge in [-0.3, -0.25) is 4.79 Å². The monoisotopic (exact) mass is 414 g/mol. The topological polar surface area (TPSA) is 123 Å². The highest BCUT2D eigenvalue weighted by molar-refractivity contribution is 6.09. The summed E-state index contributed by atoms with van der Waals surface area (Å²) in [6, 6.07) is 7.32. The van der Waals surface area contributed by atoms with E-state index in [1.54, 1.807) is 11.1 Å². The number of benzene rings is 1. The van der Waals surface area contributed by atoms with Gasteiger partial charge in [-0.15, -0.1) is 0 Å². The number of rotatable bonds is 8. The van der Waals surface area contributed by atoms with Crippen molar-refractivity contribution in [3.8, 4) is 5.75 Å². The molecule has 3 rings (SSSR count). The summed E-state index contributed by atoms with van der Waals surface area (Å²) in [5.74, 6) is 1.57. The predicted octanol–water partition coefficient (Wildman–Crippen LogP) is 1.87. The number of hydrogen-bond donors (Lipinski definition) is 2.